The lowest BCUT2D eigenvalue weighted by atomic mass is 10.1. The quantitative estimate of drug-likeness (QED) is 0.635. The second kappa shape index (κ2) is 8.77. The number of nitrogens with zero attached hydrogens (tertiary/aromatic N) is 2. The monoisotopic (exact) mass is 376 g/mol. The van der Waals surface area contributed by atoms with Crippen LogP contribution in [0.3, 0.4) is 0 Å². The molecular formula is C21H20N4O3. The molecule has 0 unspecified atom stereocenters. The summed E-state index contributed by atoms with van der Waals surface area (Å²) in [7, 11) is 1.29. The fraction of sp³-hybridized carbons (Fsp3) is 0.143. The number of anilines is 3. The Labute approximate surface area is 162 Å². The molecule has 7 nitrogen and oxygen atoms in total. The normalized spacial score (nSPS) is 10.2. The van der Waals surface area contributed by atoms with Crippen molar-refractivity contribution in [1.82, 2.24) is 9.97 Å². The first-order valence-corrected chi connectivity index (χ1v) is 8.78. The van der Waals surface area contributed by atoms with E-state index in [4.69, 9.17) is 4.74 Å². The number of amides is 1. The van der Waals surface area contributed by atoms with Crippen LogP contribution < -0.4 is 10.6 Å². The van der Waals surface area contributed by atoms with Crippen molar-refractivity contribution in [2.75, 3.05) is 17.7 Å². The average molecular weight is 376 g/mol. The highest BCUT2D eigenvalue weighted by Gasteiger charge is 2.15. The van der Waals surface area contributed by atoms with Crippen molar-refractivity contribution in [3.8, 4) is 0 Å². The van der Waals surface area contributed by atoms with Gasteiger partial charge in [-0.25, -0.2) is 14.8 Å². The van der Waals surface area contributed by atoms with Crippen LogP contribution in [0.15, 0.2) is 60.9 Å². The van der Waals surface area contributed by atoms with Gasteiger partial charge in [0.1, 0.15) is 17.8 Å². The summed E-state index contributed by atoms with van der Waals surface area (Å²) in [6.07, 6.45) is 2.18. The number of esters is 1. The SMILES string of the molecule is CCc1ccccc1Nc1cc(C(=O)Nc2ccccc2C(=O)OC)ncn1. The number of carbonyl (C=O) groups is 2. The van der Waals surface area contributed by atoms with Gasteiger partial charge in [-0.05, 0) is 30.2 Å². The van der Waals surface area contributed by atoms with Crippen molar-refractivity contribution in [2.24, 2.45) is 0 Å². The van der Waals surface area contributed by atoms with Gasteiger partial charge in [0.2, 0.25) is 0 Å². The largest absolute Gasteiger partial charge is 0.465 e. The summed E-state index contributed by atoms with van der Waals surface area (Å²) in [5.74, 6) is -0.481. The first-order valence-electron chi connectivity index (χ1n) is 8.78. The van der Waals surface area contributed by atoms with Crippen molar-refractivity contribution >= 4 is 29.1 Å². The van der Waals surface area contributed by atoms with Gasteiger partial charge < -0.3 is 15.4 Å². The van der Waals surface area contributed by atoms with Crippen LogP contribution in [-0.4, -0.2) is 29.0 Å². The van der Waals surface area contributed by atoms with Gasteiger partial charge in [-0.1, -0.05) is 37.3 Å². The Morgan fingerprint density at radius 1 is 1.00 bits per heavy atom. The molecule has 0 saturated carbocycles. The van der Waals surface area contributed by atoms with Crippen LogP contribution in [0.1, 0.15) is 33.3 Å². The number of para-hydroxylation sites is 2. The van der Waals surface area contributed by atoms with Crippen LogP contribution in [0.5, 0.6) is 0 Å². The lowest BCUT2D eigenvalue weighted by molar-refractivity contribution is 0.0602. The molecule has 2 aromatic carbocycles. The van der Waals surface area contributed by atoms with E-state index in [0.29, 0.717) is 11.5 Å². The molecule has 1 heterocycles. The van der Waals surface area contributed by atoms with Crippen LogP contribution >= 0.6 is 0 Å². The minimum absolute atomic E-state index is 0.172. The Morgan fingerprint density at radius 2 is 1.71 bits per heavy atom. The van der Waals surface area contributed by atoms with Gasteiger partial charge in [0.25, 0.3) is 5.91 Å². The van der Waals surface area contributed by atoms with Crippen LogP contribution in [0.4, 0.5) is 17.2 Å². The number of carbonyl (C=O) groups excluding carboxylic acids is 2. The van der Waals surface area contributed by atoms with E-state index in [1.807, 2.05) is 24.3 Å². The van der Waals surface area contributed by atoms with Crippen molar-refractivity contribution in [3.05, 3.63) is 77.7 Å². The van der Waals surface area contributed by atoms with E-state index in [9.17, 15) is 9.59 Å². The summed E-state index contributed by atoms with van der Waals surface area (Å²) in [5.41, 5.74) is 2.85. The minimum Gasteiger partial charge on any atom is -0.465 e. The molecule has 0 fully saturated rings. The number of methoxy groups -OCH3 is 1. The molecular weight excluding hydrogens is 356 g/mol. The molecule has 7 heteroatoms. The van der Waals surface area contributed by atoms with Gasteiger partial charge in [-0.2, -0.15) is 0 Å². The van der Waals surface area contributed by atoms with Gasteiger partial charge in [0.05, 0.1) is 18.4 Å². The molecule has 3 rings (SSSR count). The molecule has 1 amide bonds. The molecule has 142 valence electrons. The molecule has 1 aromatic heterocycles. The third kappa shape index (κ3) is 4.32. The Morgan fingerprint density at radius 3 is 2.46 bits per heavy atom. The third-order valence-electron chi connectivity index (χ3n) is 4.14. The molecule has 0 atom stereocenters. The summed E-state index contributed by atoms with van der Waals surface area (Å²) < 4.78 is 4.75. The Bertz CT molecular complexity index is 1000. The highest BCUT2D eigenvalue weighted by atomic mass is 16.5. The molecule has 0 saturated heterocycles. The molecule has 2 N–H and O–H groups in total. The van der Waals surface area contributed by atoms with E-state index in [1.165, 1.54) is 13.4 Å². The van der Waals surface area contributed by atoms with Crippen LogP contribution in [0, 0.1) is 0 Å². The molecule has 28 heavy (non-hydrogen) atoms. The van der Waals surface area contributed by atoms with Crippen LogP contribution in [0.2, 0.25) is 0 Å². The lowest BCUT2D eigenvalue weighted by Gasteiger charge is -2.11. The first-order chi connectivity index (χ1) is 13.6. The smallest absolute Gasteiger partial charge is 0.339 e. The van der Waals surface area contributed by atoms with Crippen molar-refractivity contribution < 1.29 is 14.3 Å². The number of nitrogens with one attached hydrogen (secondary N) is 2. The van der Waals surface area contributed by atoms with Gasteiger partial charge >= 0.3 is 5.97 Å². The zero-order chi connectivity index (χ0) is 19.9. The van der Waals surface area contributed by atoms with E-state index >= 15 is 0 Å². The molecule has 0 spiro atoms. The van der Waals surface area contributed by atoms with Crippen LogP contribution in [-0.2, 0) is 11.2 Å². The van der Waals surface area contributed by atoms with Crippen LogP contribution in [0.25, 0.3) is 0 Å². The average Bonchev–Trinajstić information content (AvgIpc) is 2.74. The molecule has 0 bridgehead atoms. The Balaban J connectivity index is 1.81. The molecule has 3 aromatic rings. The van der Waals surface area contributed by atoms with Crippen molar-refractivity contribution in [2.45, 2.75) is 13.3 Å². The summed E-state index contributed by atoms with van der Waals surface area (Å²) in [6.45, 7) is 2.07. The first kappa shape index (κ1) is 19.0. The summed E-state index contributed by atoms with van der Waals surface area (Å²) in [4.78, 5) is 32.7. The second-order valence-electron chi connectivity index (χ2n) is 5.92. The number of hydrogen-bond donors (Lipinski definition) is 2. The molecule has 0 aliphatic carbocycles. The third-order valence-corrected chi connectivity index (χ3v) is 4.14. The number of benzene rings is 2. The van der Waals surface area contributed by atoms with E-state index < -0.39 is 11.9 Å². The van der Waals surface area contributed by atoms with Gasteiger partial charge in [-0.3, -0.25) is 4.79 Å². The number of aromatic nitrogens is 2. The zero-order valence-electron chi connectivity index (χ0n) is 15.6. The number of aryl methyl sites for hydroxylation is 1. The Kier molecular flexibility index (Phi) is 5.96. The summed E-state index contributed by atoms with van der Waals surface area (Å²) in [6, 6.07) is 16.1. The highest BCUT2D eigenvalue weighted by Crippen LogP contribution is 2.21. The predicted octanol–water partition coefficient (Wildman–Crippen LogP) is 3.82. The fourth-order valence-corrected chi connectivity index (χ4v) is 2.70. The topological polar surface area (TPSA) is 93.2 Å². The number of ether oxygens (including phenoxy) is 1. The fourth-order valence-electron chi connectivity index (χ4n) is 2.70. The number of rotatable bonds is 6. The minimum atomic E-state index is -0.530. The highest BCUT2D eigenvalue weighted by molar-refractivity contribution is 6.07. The van der Waals surface area contributed by atoms with E-state index in [-0.39, 0.29) is 11.3 Å². The molecule has 0 aliphatic heterocycles. The predicted molar refractivity (Wildman–Crippen MR) is 107 cm³/mol. The van der Waals surface area contributed by atoms with Crippen molar-refractivity contribution in [1.29, 1.82) is 0 Å². The van der Waals surface area contributed by atoms with Crippen molar-refractivity contribution in [3.63, 3.8) is 0 Å². The van der Waals surface area contributed by atoms with Gasteiger partial charge in [0, 0.05) is 11.8 Å². The summed E-state index contributed by atoms with van der Waals surface area (Å²) >= 11 is 0. The maximum atomic E-state index is 12.6. The van der Waals surface area contributed by atoms with E-state index in [1.54, 1.807) is 30.3 Å². The van der Waals surface area contributed by atoms with E-state index in [2.05, 4.69) is 27.5 Å². The maximum Gasteiger partial charge on any atom is 0.339 e. The molecule has 0 aliphatic rings. The lowest BCUT2D eigenvalue weighted by Crippen LogP contribution is -2.17. The van der Waals surface area contributed by atoms with Gasteiger partial charge in [0.15, 0.2) is 0 Å². The van der Waals surface area contributed by atoms with Gasteiger partial charge in [-0.15, -0.1) is 0 Å². The second-order valence-corrected chi connectivity index (χ2v) is 5.92. The summed E-state index contributed by atoms with van der Waals surface area (Å²) in [5, 5.41) is 5.91. The number of hydrogen-bond acceptors (Lipinski definition) is 6. The Hall–Kier alpha value is -3.74. The maximum absolute atomic E-state index is 12.6. The molecule has 0 radical (unpaired) electrons. The van der Waals surface area contributed by atoms with E-state index in [0.717, 1.165) is 17.7 Å². The zero-order valence-corrected chi connectivity index (χ0v) is 15.6. The standard InChI is InChI=1S/C21H20N4O3/c1-3-14-8-4-6-10-16(14)24-19-12-18(22-13-23-19)20(26)25-17-11-7-5-9-15(17)21(27)28-2/h4-13H,3H2,1-2H3,(H,25,26)(H,22,23,24).